The molecule has 31 heavy (non-hydrogen) atoms. The number of carbonyl (C=O) groups excluding carboxylic acids is 2. The predicted octanol–water partition coefficient (Wildman–Crippen LogP) is 3.43. The Hall–Kier alpha value is -3.45. The number of nitrogens with zero attached hydrogens (tertiary/aromatic N) is 1. The van der Waals surface area contributed by atoms with Crippen molar-refractivity contribution in [1.82, 2.24) is 10.5 Å². The van der Waals surface area contributed by atoms with Crippen molar-refractivity contribution in [3.05, 3.63) is 71.9 Å². The molecule has 7 nitrogen and oxygen atoms in total. The average Bonchev–Trinajstić information content (AvgIpc) is 3.53. The second kappa shape index (κ2) is 8.73. The quantitative estimate of drug-likeness (QED) is 0.329. The van der Waals surface area contributed by atoms with E-state index in [1.807, 2.05) is 60.7 Å². The number of hydrogen-bond acceptors (Lipinski definition) is 6. The molecule has 1 aliphatic carbocycles. The first-order chi connectivity index (χ1) is 15.1. The van der Waals surface area contributed by atoms with Gasteiger partial charge in [-0.15, -0.1) is 0 Å². The Morgan fingerprint density at radius 3 is 2.65 bits per heavy atom. The highest BCUT2D eigenvalue weighted by Crippen LogP contribution is 2.55. The molecular formula is C24H24N2O5. The van der Waals surface area contributed by atoms with Crippen molar-refractivity contribution in [2.75, 3.05) is 6.61 Å². The van der Waals surface area contributed by atoms with E-state index in [0.29, 0.717) is 25.2 Å². The van der Waals surface area contributed by atoms with Gasteiger partial charge in [0.25, 0.3) is 0 Å². The Balaban J connectivity index is 1.41. The van der Waals surface area contributed by atoms with Gasteiger partial charge in [-0.05, 0) is 49.6 Å². The summed E-state index contributed by atoms with van der Waals surface area (Å²) in [7, 11) is 0. The van der Waals surface area contributed by atoms with E-state index in [2.05, 4.69) is 4.98 Å². The van der Waals surface area contributed by atoms with Crippen LogP contribution in [0, 0.1) is 11.3 Å². The number of esters is 1. The van der Waals surface area contributed by atoms with E-state index in [9.17, 15) is 9.59 Å². The largest absolute Gasteiger partial charge is 0.487 e. The number of amides is 1. The van der Waals surface area contributed by atoms with Crippen molar-refractivity contribution in [2.45, 2.75) is 26.4 Å². The van der Waals surface area contributed by atoms with E-state index in [4.69, 9.17) is 14.7 Å². The van der Waals surface area contributed by atoms with E-state index in [1.54, 1.807) is 12.4 Å². The van der Waals surface area contributed by atoms with Crippen molar-refractivity contribution >= 4 is 22.8 Å². The van der Waals surface area contributed by atoms with Crippen molar-refractivity contribution < 1.29 is 24.3 Å². The smallest absolute Gasteiger partial charge is 0.313 e. The second-order valence-corrected chi connectivity index (χ2v) is 7.71. The highest BCUT2D eigenvalue weighted by atomic mass is 16.5. The molecule has 0 spiro atoms. The van der Waals surface area contributed by atoms with Crippen molar-refractivity contribution in [3.8, 4) is 5.75 Å². The summed E-state index contributed by atoms with van der Waals surface area (Å²) < 4.78 is 11.0. The van der Waals surface area contributed by atoms with Gasteiger partial charge in [0.2, 0.25) is 5.91 Å². The van der Waals surface area contributed by atoms with Crippen molar-refractivity contribution in [2.24, 2.45) is 11.3 Å². The standard InChI is InChI=1S/C24H24N2O5/c1-2-30-23(28)24(14-20(24)22(27)26-29)13-16-7-11-19(12-8-16)31-15-18-10-9-17-5-3-4-6-21(17)25-18/h3-12,20,29H,2,13-15H2,1H3,(H,26,27)/t20-,24+/m1/s1. The number of hydrogen-bond donors (Lipinski definition) is 2. The lowest BCUT2D eigenvalue weighted by Crippen LogP contribution is -2.30. The summed E-state index contributed by atoms with van der Waals surface area (Å²) in [5.41, 5.74) is 3.36. The molecular weight excluding hydrogens is 396 g/mol. The number of aromatic nitrogens is 1. The molecule has 2 N–H and O–H groups in total. The zero-order chi connectivity index (χ0) is 21.8. The molecule has 0 unspecified atom stereocenters. The van der Waals surface area contributed by atoms with Gasteiger partial charge in [-0.2, -0.15) is 0 Å². The molecule has 1 saturated carbocycles. The van der Waals surface area contributed by atoms with Crippen molar-refractivity contribution in [3.63, 3.8) is 0 Å². The highest BCUT2D eigenvalue weighted by Gasteiger charge is 2.64. The minimum absolute atomic E-state index is 0.240. The number of ether oxygens (including phenoxy) is 2. The Morgan fingerprint density at radius 1 is 1.13 bits per heavy atom. The predicted molar refractivity (Wildman–Crippen MR) is 113 cm³/mol. The van der Waals surface area contributed by atoms with Gasteiger partial charge in [-0.1, -0.05) is 36.4 Å². The Morgan fingerprint density at radius 2 is 1.90 bits per heavy atom. The topological polar surface area (TPSA) is 97.8 Å². The van der Waals surface area contributed by atoms with Gasteiger partial charge in [-0.25, -0.2) is 10.5 Å². The lowest BCUT2D eigenvalue weighted by molar-refractivity contribution is -0.152. The Labute approximate surface area is 180 Å². The summed E-state index contributed by atoms with van der Waals surface area (Å²) in [6, 6.07) is 19.3. The number of nitrogens with one attached hydrogen (secondary N) is 1. The number of carbonyl (C=O) groups is 2. The third-order valence-corrected chi connectivity index (χ3v) is 5.67. The number of rotatable bonds is 8. The molecule has 0 bridgehead atoms. The molecule has 4 rings (SSSR count). The third kappa shape index (κ3) is 4.36. The van der Waals surface area contributed by atoms with Crippen LogP contribution in [0.2, 0.25) is 0 Å². The molecule has 7 heteroatoms. The average molecular weight is 420 g/mol. The monoisotopic (exact) mass is 420 g/mol. The minimum Gasteiger partial charge on any atom is -0.487 e. The Kier molecular flexibility index (Phi) is 5.86. The van der Waals surface area contributed by atoms with E-state index in [0.717, 1.165) is 22.2 Å². The van der Waals surface area contributed by atoms with E-state index in [-0.39, 0.29) is 6.61 Å². The van der Waals surface area contributed by atoms with Gasteiger partial charge < -0.3 is 9.47 Å². The van der Waals surface area contributed by atoms with Gasteiger partial charge in [0.15, 0.2) is 0 Å². The van der Waals surface area contributed by atoms with Crippen LogP contribution >= 0.6 is 0 Å². The second-order valence-electron chi connectivity index (χ2n) is 7.71. The molecule has 1 heterocycles. The molecule has 2 aromatic carbocycles. The maximum absolute atomic E-state index is 12.5. The fraction of sp³-hybridized carbons (Fsp3) is 0.292. The van der Waals surface area contributed by atoms with Crippen LogP contribution in [0.4, 0.5) is 0 Å². The first-order valence-electron chi connectivity index (χ1n) is 10.2. The molecule has 1 amide bonds. The maximum Gasteiger partial charge on any atom is 0.313 e. The van der Waals surface area contributed by atoms with Crippen LogP contribution in [-0.4, -0.2) is 28.7 Å². The van der Waals surface area contributed by atoms with Crippen LogP contribution in [0.15, 0.2) is 60.7 Å². The van der Waals surface area contributed by atoms with Crippen LogP contribution in [0.5, 0.6) is 5.75 Å². The summed E-state index contributed by atoms with van der Waals surface area (Å²) in [5, 5.41) is 10.0. The van der Waals surface area contributed by atoms with Gasteiger partial charge in [-0.3, -0.25) is 14.8 Å². The number of hydroxylamine groups is 1. The molecule has 1 aromatic heterocycles. The zero-order valence-corrected chi connectivity index (χ0v) is 17.2. The van der Waals surface area contributed by atoms with E-state index in [1.165, 1.54) is 0 Å². The molecule has 2 atom stereocenters. The summed E-state index contributed by atoms with van der Waals surface area (Å²) in [5.74, 6) is -0.877. The number of para-hydroxylation sites is 1. The van der Waals surface area contributed by atoms with Gasteiger partial charge in [0.05, 0.1) is 29.2 Å². The molecule has 3 aromatic rings. The molecule has 160 valence electrons. The first-order valence-corrected chi connectivity index (χ1v) is 10.2. The number of fused-ring (bicyclic) bond motifs is 1. The fourth-order valence-electron chi connectivity index (χ4n) is 3.91. The normalized spacial score (nSPS) is 19.6. The lowest BCUT2D eigenvalue weighted by Gasteiger charge is -2.16. The SMILES string of the molecule is CCOC(=O)[C@@]1(Cc2ccc(OCc3ccc4ccccc4n3)cc2)C[C@@H]1C(=O)NO. The van der Waals surface area contributed by atoms with Crippen LogP contribution in [-0.2, 0) is 27.4 Å². The summed E-state index contributed by atoms with van der Waals surface area (Å²) in [6.45, 7) is 2.31. The maximum atomic E-state index is 12.5. The van der Waals surface area contributed by atoms with Gasteiger partial charge >= 0.3 is 5.97 Å². The number of benzene rings is 2. The van der Waals surface area contributed by atoms with Crippen LogP contribution in [0.3, 0.4) is 0 Å². The van der Waals surface area contributed by atoms with Crippen molar-refractivity contribution in [1.29, 1.82) is 0 Å². The molecule has 0 saturated heterocycles. The zero-order valence-electron chi connectivity index (χ0n) is 17.2. The first kappa shape index (κ1) is 20.8. The Bertz CT molecular complexity index is 1100. The van der Waals surface area contributed by atoms with Crippen LogP contribution < -0.4 is 10.2 Å². The van der Waals surface area contributed by atoms with Gasteiger partial charge in [0.1, 0.15) is 12.4 Å². The lowest BCUT2D eigenvalue weighted by atomic mass is 9.93. The summed E-state index contributed by atoms with van der Waals surface area (Å²) >= 11 is 0. The highest BCUT2D eigenvalue weighted by molar-refractivity contribution is 5.93. The fourth-order valence-corrected chi connectivity index (χ4v) is 3.91. The molecule has 0 aliphatic heterocycles. The summed E-state index contributed by atoms with van der Waals surface area (Å²) in [4.78, 5) is 28.9. The third-order valence-electron chi connectivity index (χ3n) is 5.67. The number of pyridine rings is 1. The van der Waals surface area contributed by atoms with Gasteiger partial charge in [0, 0.05) is 5.39 Å². The van der Waals surface area contributed by atoms with E-state index >= 15 is 0 Å². The molecule has 1 aliphatic rings. The molecule has 0 radical (unpaired) electrons. The van der Waals surface area contributed by atoms with E-state index < -0.39 is 23.2 Å². The summed E-state index contributed by atoms with van der Waals surface area (Å²) in [6.07, 6.45) is 0.709. The van der Waals surface area contributed by atoms with Crippen LogP contribution in [0.1, 0.15) is 24.6 Å². The van der Waals surface area contributed by atoms with Crippen LogP contribution in [0.25, 0.3) is 10.9 Å². The minimum atomic E-state index is -0.930. The molecule has 1 fully saturated rings.